The summed E-state index contributed by atoms with van der Waals surface area (Å²) in [5.74, 6) is 0.321. The predicted molar refractivity (Wildman–Crippen MR) is 49.5 cm³/mol. The summed E-state index contributed by atoms with van der Waals surface area (Å²) in [6.45, 7) is 0.604. The van der Waals surface area contributed by atoms with E-state index in [4.69, 9.17) is 11.6 Å². The number of nitrogens with one attached hydrogen (secondary N) is 1. The van der Waals surface area contributed by atoms with Gasteiger partial charge in [0, 0.05) is 32.3 Å². The number of rotatable bonds is 3. The van der Waals surface area contributed by atoms with Gasteiger partial charge in [0.15, 0.2) is 0 Å². The van der Waals surface area contributed by atoms with Crippen LogP contribution < -0.4 is 5.32 Å². The first-order chi connectivity index (χ1) is 6.13. The van der Waals surface area contributed by atoms with Crippen molar-refractivity contribution in [3.05, 3.63) is 0 Å². The van der Waals surface area contributed by atoms with Crippen LogP contribution in [0.5, 0.6) is 0 Å². The normalized spacial score (nSPS) is 22.2. The Kier molecular flexibility index (Phi) is 3.54. The molecule has 0 aliphatic carbocycles. The van der Waals surface area contributed by atoms with E-state index in [2.05, 4.69) is 5.32 Å². The first-order valence-corrected chi connectivity index (χ1v) is 4.76. The SMILES string of the molecule is CN1CC(NC(=O)CCCl)CC1=O. The van der Waals surface area contributed by atoms with Crippen molar-refractivity contribution in [3.63, 3.8) is 0 Å². The van der Waals surface area contributed by atoms with Crippen LogP contribution in [0, 0.1) is 0 Å². The highest BCUT2D eigenvalue weighted by molar-refractivity contribution is 6.18. The molecule has 0 radical (unpaired) electrons. The maximum atomic E-state index is 11.1. The molecule has 1 N–H and O–H groups in total. The molecule has 1 fully saturated rings. The molecule has 1 rings (SSSR count). The van der Waals surface area contributed by atoms with E-state index in [1.165, 1.54) is 0 Å². The Balaban J connectivity index is 2.31. The zero-order valence-corrected chi connectivity index (χ0v) is 8.30. The van der Waals surface area contributed by atoms with E-state index in [1.807, 2.05) is 0 Å². The second-order valence-corrected chi connectivity index (χ2v) is 3.56. The molecule has 1 saturated heterocycles. The number of nitrogens with zero attached hydrogens (tertiary/aromatic N) is 1. The predicted octanol–water partition coefficient (Wildman–Crippen LogP) is -0.0378. The van der Waals surface area contributed by atoms with Crippen LogP contribution in [0.3, 0.4) is 0 Å². The topological polar surface area (TPSA) is 49.4 Å². The average Bonchev–Trinajstić information content (AvgIpc) is 2.31. The smallest absolute Gasteiger partial charge is 0.224 e. The van der Waals surface area contributed by atoms with Crippen LogP contribution in [-0.2, 0) is 9.59 Å². The monoisotopic (exact) mass is 204 g/mol. The Morgan fingerprint density at radius 1 is 1.77 bits per heavy atom. The highest BCUT2D eigenvalue weighted by atomic mass is 35.5. The second-order valence-electron chi connectivity index (χ2n) is 3.18. The summed E-state index contributed by atoms with van der Waals surface area (Å²) in [5, 5.41) is 2.75. The highest BCUT2D eigenvalue weighted by Gasteiger charge is 2.27. The minimum Gasteiger partial charge on any atom is -0.351 e. The zero-order valence-electron chi connectivity index (χ0n) is 7.55. The van der Waals surface area contributed by atoms with Crippen LogP contribution in [0.4, 0.5) is 0 Å². The van der Waals surface area contributed by atoms with Gasteiger partial charge in [-0.3, -0.25) is 9.59 Å². The average molecular weight is 205 g/mol. The third-order valence-electron chi connectivity index (χ3n) is 2.03. The molecule has 0 aromatic carbocycles. The minimum atomic E-state index is -0.0805. The molecule has 4 nitrogen and oxygen atoms in total. The maximum Gasteiger partial charge on any atom is 0.224 e. The Morgan fingerprint density at radius 3 is 2.92 bits per heavy atom. The van der Waals surface area contributed by atoms with Crippen LogP contribution in [0.1, 0.15) is 12.8 Å². The lowest BCUT2D eigenvalue weighted by molar-refractivity contribution is -0.126. The summed E-state index contributed by atoms with van der Waals surface area (Å²) in [6, 6.07) is -0.0341. The van der Waals surface area contributed by atoms with Crippen molar-refractivity contribution in [1.29, 1.82) is 0 Å². The molecule has 0 aromatic heterocycles. The molecule has 0 aromatic rings. The number of alkyl halides is 1. The summed E-state index contributed by atoms with van der Waals surface area (Å²) >= 11 is 5.40. The third-order valence-corrected chi connectivity index (χ3v) is 2.22. The van der Waals surface area contributed by atoms with Crippen molar-refractivity contribution >= 4 is 23.4 Å². The Hall–Kier alpha value is -0.770. The molecule has 1 aliphatic rings. The van der Waals surface area contributed by atoms with E-state index in [9.17, 15) is 9.59 Å². The fourth-order valence-corrected chi connectivity index (χ4v) is 1.52. The molecule has 1 unspecified atom stereocenters. The van der Waals surface area contributed by atoms with Crippen molar-refractivity contribution in [1.82, 2.24) is 10.2 Å². The fraction of sp³-hybridized carbons (Fsp3) is 0.750. The molecule has 0 spiro atoms. The first-order valence-electron chi connectivity index (χ1n) is 4.22. The van der Waals surface area contributed by atoms with Gasteiger partial charge in [0.2, 0.25) is 11.8 Å². The van der Waals surface area contributed by atoms with E-state index < -0.39 is 0 Å². The summed E-state index contributed by atoms with van der Waals surface area (Å²) in [5.41, 5.74) is 0. The molecule has 2 amide bonds. The van der Waals surface area contributed by atoms with E-state index >= 15 is 0 Å². The molecule has 0 bridgehead atoms. The van der Waals surface area contributed by atoms with E-state index in [1.54, 1.807) is 11.9 Å². The van der Waals surface area contributed by atoms with Gasteiger partial charge in [-0.15, -0.1) is 11.6 Å². The quantitative estimate of drug-likeness (QED) is 0.656. The Morgan fingerprint density at radius 2 is 2.46 bits per heavy atom. The second kappa shape index (κ2) is 4.46. The van der Waals surface area contributed by atoms with Gasteiger partial charge in [0.25, 0.3) is 0 Å². The number of amides is 2. The minimum absolute atomic E-state index is 0.0341. The van der Waals surface area contributed by atoms with Crippen molar-refractivity contribution in [2.24, 2.45) is 0 Å². The molecular formula is C8H13ClN2O2. The van der Waals surface area contributed by atoms with Crippen molar-refractivity contribution in [3.8, 4) is 0 Å². The highest BCUT2D eigenvalue weighted by Crippen LogP contribution is 2.08. The summed E-state index contributed by atoms with van der Waals surface area (Å²) < 4.78 is 0. The van der Waals surface area contributed by atoms with Crippen LogP contribution in [-0.4, -0.2) is 42.2 Å². The lowest BCUT2D eigenvalue weighted by atomic mass is 10.2. The largest absolute Gasteiger partial charge is 0.351 e. The van der Waals surface area contributed by atoms with Gasteiger partial charge in [-0.1, -0.05) is 0 Å². The Labute approximate surface area is 82.2 Å². The van der Waals surface area contributed by atoms with Gasteiger partial charge in [-0.05, 0) is 0 Å². The van der Waals surface area contributed by atoms with E-state index in [-0.39, 0.29) is 17.9 Å². The number of hydrogen-bond donors (Lipinski definition) is 1. The number of halogens is 1. The molecule has 5 heteroatoms. The summed E-state index contributed by atoms with van der Waals surface area (Å²) in [4.78, 5) is 23.8. The van der Waals surface area contributed by atoms with Crippen LogP contribution in [0.2, 0.25) is 0 Å². The van der Waals surface area contributed by atoms with E-state index in [0.717, 1.165) is 0 Å². The molecule has 1 heterocycles. The van der Waals surface area contributed by atoms with Gasteiger partial charge in [0.1, 0.15) is 0 Å². The molecule has 74 valence electrons. The summed E-state index contributed by atoms with van der Waals surface area (Å²) in [7, 11) is 1.73. The van der Waals surface area contributed by atoms with Crippen molar-refractivity contribution in [2.45, 2.75) is 18.9 Å². The zero-order chi connectivity index (χ0) is 9.84. The van der Waals surface area contributed by atoms with Gasteiger partial charge >= 0.3 is 0 Å². The van der Waals surface area contributed by atoms with Gasteiger partial charge < -0.3 is 10.2 Å². The lowest BCUT2D eigenvalue weighted by Crippen LogP contribution is -2.36. The number of likely N-dealkylation sites (tertiary alicyclic amines) is 1. The van der Waals surface area contributed by atoms with Crippen molar-refractivity contribution < 1.29 is 9.59 Å². The molecule has 13 heavy (non-hydrogen) atoms. The standard InChI is InChI=1S/C8H13ClN2O2/c1-11-5-6(4-8(11)13)10-7(12)2-3-9/h6H,2-5H2,1H3,(H,10,12). The lowest BCUT2D eigenvalue weighted by Gasteiger charge is -2.11. The molecular weight excluding hydrogens is 192 g/mol. The van der Waals surface area contributed by atoms with Gasteiger partial charge in [-0.2, -0.15) is 0 Å². The van der Waals surface area contributed by atoms with Gasteiger partial charge in [-0.25, -0.2) is 0 Å². The summed E-state index contributed by atoms with van der Waals surface area (Å²) in [6.07, 6.45) is 0.723. The third kappa shape index (κ3) is 2.88. The first kappa shape index (κ1) is 10.3. The van der Waals surface area contributed by atoms with Crippen LogP contribution in [0.15, 0.2) is 0 Å². The molecule has 1 aliphatic heterocycles. The number of carbonyl (C=O) groups excluding carboxylic acids is 2. The van der Waals surface area contributed by atoms with E-state index in [0.29, 0.717) is 25.3 Å². The van der Waals surface area contributed by atoms with Crippen LogP contribution >= 0.6 is 11.6 Å². The fourth-order valence-electron chi connectivity index (χ4n) is 1.35. The molecule has 1 atom stereocenters. The van der Waals surface area contributed by atoms with Gasteiger partial charge in [0.05, 0.1) is 6.04 Å². The number of hydrogen-bond acceptors (Lipinski definition) is 2. The van der Waals surface area contributed by atoms with Crippen LogP contribution in [0.25, 0.3) is 0 Å². The Bertz CT molecular complexity index is 220. The number of likely N-dealkylation sites (N-methyl/N-ethyl adjacent to an activating group) is 1. The maximum absolute atomic E-state index is 11.1. The van der Waals surface area contributed by atoms with Crippen molar-refractivity contribution in [2.75, 3.05) is 19.5 Å². The molecule has 0 saturated carbocycles. The number of carbonyl (C=O) groups is 2.